The zero-order valence-corrected chi connectivity index (χ0v) is 22.1. The van der Waals surface area contributed by atoms with Crippen molar-refractivity contribution in [2.24, 2.45) is 0 Å². The number of carbonyl (C=O) groups excluding carboxylic acids is 3. The number of halogens is 3. The molecule has 2 aromatic carbocycles. The molecule has 0 bridgehead atoms. The number of hydrazine groups is 1. The van der Waals surface area contributed by atoms with Gasteiger partial charge in [0, 0.05) is 27.5 Å². The molecule has 2 heterocycles. The van der Waals surface area contributed by atoms with Crippen LogP contribution in [0.4, 0.5) is 15.3 Å². The van der Waals surface area contributed by atoms with E-state index in [9.17, 15) is 14.4 Å². The first-order valence-electron chi connectivity index (χ1n) is 10.8. The van der Waals surface area contributed by atoms with Gasteiger partial charge in [-0.3, -0.25) is 4.79 Å². The van der Waals surface area contributed by atoms with E-state index in [1.54, 1.807) is 20.8 Å². The van der Waals surface area contributed by atoms with Crippen LogP contribution in [-0.2, 0) is 16.0 Å². The number of carbonyl (C=O) groups is 3. The van der Waals surface area contributed by atoms with E-state index >= 15 is 0 Å². The molecule has 4 amide bonds. The van der Waals surface area contributed by atoms with Gasteiger partial charge in [-0.2, -0.15) is 0 Å². The van der Waals surface area contributed by atoms with Gasteiger partial charge in [-0.1, -0.05) is 51.3 Å². The van der Waals surface area contributed by atoms with Gasteiger partial charge < -0.3 is 4.74 Å². The minimum atomic E-state index is -1.30. The third-order valence-electron chi connectivity index (χ3n) is 5.70. The van der Waals surface area contributed by atoms with Gasteiger partial charge in [0.1, 0.15) is 11.1 Å². The largest absolute Gasteiger partial charge is 0.442 e. The number of anilines is 1. The number of benzene rings is 2. The van der Waals surface area contributed by atoms with Gasteiger partial charge in [-0.15, -0.1) is 0 Å². The molecule has 0 aromatic heterocycles. The first-order chi connectivity index (χ1) is 15.9. The molecule has 0 N–H and O–H groups in total. The first-order valence-corrected chi connectivity index (χ1v) is 12.4. The van der Waals surface area contributed by atoms with Gasteiger partial charge in [0.2, 0.25) is 0 Å². The monoisotopic (exact) mass is 567 g/mol. The van der Waals surface area contributed by atoms with E-state index in [4.69, 9.17) is 27.9 Å². The fourth-order valence-electron chi connectivity index (χ4n) is 4.39. The Morgan fingerprint density at radius 3 is 2.29 bits per heavy atom. The van der Waals surface area contributed by atoms with E-state index in [1.165, 1.54) is 28.2 Å². The predicted octanol–water partition coefficient (Wildman–Crippen LogP) is 6.45. The molecule has 2 fully saturated rings. The Hall–Kier alpha value is -2.29. The predicted molar refractivity (Wildman–Crippen MR) is 134 cm³/mol. The molecule has 2 aliphatic rings. The second kappa shape index (κ2) is 9.06. The number of hydrogen-bond donors (Lipinski definition) is 0. The van der Waals surface area contributed by atoms with Crippen molar-refractivity contribution in [1.82, 2.24) is 10.0 Å². The summed E-state index contributed by atoms with van der Waals surface area (Å²) >= 11 is 15.8. The molecule has 0 spiro atoms. The number of nitrogens with zero attached hydrogens (tertiary/aromatic N) is 3. The molecule has 2 saturated heterocycles. The number of hydrogen-bond acceptors (Lipinski definition) is 4. The highest BCUT2D eigenvalue weighted by Crippen LogP contribution is 2.43. The summed E-state index contributed by atoms with van der Waals surface area (Å²) in [5.74, 6) is -0.438. The fourth-order valence-corrected chi connectivity index (χ4v) is 5.17. The van der Waals surface area contributed by atoms with Crippen molar-refractivity contribution < 1.29 is 19.1 Å². The summed E-state index contributed by atoms with van der Waals surface area (Å²) in [4.78, 5) is 42.0. The molecule has 10 heteroatoms. The van der Waals surface area contributed by atoms with Crippen LogP contribution < -0.4 is 4.90 Å². The van der Waals surface area contributed by atoms with Gasteiger partial charge in [0.25, 0.3) is 5.91 Å². The number of rotatable bonds is 3. The van der Waals surface area contributed by atoms with E-state index in [-0.39, 0.29) is 18.7 Å². The van der Waals surface area contributed by atoms with Gasteiger partial charge in [0.05, 0.1) is 5.69 Å². The Bertz CT molecular complexity index is 1130. The van der Waals surface area contributed by atoms with Crippen LogP contribution in [0.15, 0.2) is 46.9 Å². The van der Waals surface area contributed by atoms with Crippen molar-refractivity contribution in [3.05, 3.63) is 62.5 Å². The zero-order chi connectivity index (χ0) is 24.8. The summed E-state index contributed by atoms with van der Waals surface area (Å²) in [5.41, 5.74) is -0.961. The minimum absolute atomic E-state index is 0.231. The smallest absolute Gasteiger partial charge is 0.429 e. The Morgan fingerprint density at radius 2 is 1.71 bits per heavy atom. The normalized spacial score (nSPS) is 20.6. The van der Waals surface area contributed by atoms with Crippen molar-refractivity contribution in [2.45, 2.75) is 51.2 Å². The average molecular weight is 569 g/mol. The molecule has 180 valence electrons. The molecule has 0 radical (unpaired) electrons. The molecule has 7 nitrogen and oxygen atoms in total. The van der Waals surface area contributed by atoms with E-state index in [0.717, 1.165) is 14.9 Å². The summed E-state index contributed by atoms with van der Waals surface area (Å²) in [6.45, 7) is 5.50. The standard InChI is InChI=1S/C24H24BrCl2N3O4/c1-23(2,3)34-22(33)28-10-4-9-24(14-15-5-7-16(25)8-6-15)20(31)29(21(32)30(24)28)19-12-17(26)11-18(27)13-19/h5-8,11-13H,4,9-10,14H2,1-3H3. The summed E-state index contributed by atoms with van der Waals surface area (Å²) < 4.78 is 6.47. The summed E-state index contributed by atoms with van der Waals surface area (Å²) in [6.07, 6.45) is 0.460. The Kier molecular flexibility index (Phi) is 6.61. The van der Waals surface area contributed by atoms with Gasteiger partial charge in [-0.25, -0.2) is 24.5 Å². The maximum atomic E-state index is 14.0. The topological polar surface area (TPSA) is 70.2 Å². The third-order valence-corrected chi connectivity index (χ3v) is 6.67. The van der Waals surface area contributed by atoms with Crippen LogP contribution >= 0.6 is 39.1 Å². The highest BCUT2D eigenvalue weighted by Gasteiger charge is 2.62. The second-order valence-electron chi connectivity index (χ2n) is 9.40. The Morgan fingerprint density at radius 1 is 1.09 bits per heavy atom. The first kappa shape index (κ1) is 24.8. The highest BCUT2D eigenvalue weighted by atomic mass is 79.9. The van der Waals surface area contributed by atoms with E-state index in [2.05, 4.69) is 15.9 Å². The van der Waals surface area contributed by atoms with E-state index in [1.807, 2.05) is 24.3 Å². The minimum Gasteiger partial charge on any atom is -0.442 e. The Balaban J connectivity index is 1.82. The van der Waals surface area contributed by atoms with Gasteiger partial charge in [0.15, 0.2) is 0 Å². The van der Waals surface area contributed by atoms with Crippen LogP contribution in [-0.4, -0.2) is 45.7 Å². The number of imide groups is 1. The number of urea groups is 1. The van der Waals surface area contributed by atoms with Crippen molar-refractivity contribution in [2.75, 3.05) is 11.4 Å². The Labute approximate surface area is 216 Å². The molecule has 0 saturated carbocycles. The van der Waals surface area contributed by atoms with Gasteiger partial charge in [-0.05, 0) is 69.5 Å². The van der Waals surface area contributed by atoms with Crippen LogP contribution in [0.25, 0.3) is 0 Å². The quantitative estimate of drug-likeness (QED) is 0.399. The fraction of sp³-hybridized carbons (Fsp3) is 0.375. The second-order valence-corrected chi connectivity index (χ2v) is 11.2. The SMILES string of the molecule is CC(C)(C)OC(=O)N1CCCC2(Cc3ccc(Br)cc3)C(=O)N(c3cc(Cl)cc(Cl)c3)C(=O)N12. The van der Waals surface area contributed by atoms with Crippen LogP contribution in [0.1, 0.15) is 39.2 Å². The number of ether oxygens (including phenoxy) is 1. The lowest BCUT2D eigenvalue weighted by Gasteiger charge is -2.45. The summed E-state index contributed by atoms with van der Waals surface area (Å²) in [6, 6.07) is 11.4. The lowest BCUT2D eigenvalue weighted by Crippen LogP contribution is -2.64. The van der Waals surface area contributed by atoms with Crippen LogP contribution in [0.5, 0.6) is 0 Å². The van der Waals surface area contributed by atoms with E-state index < -0.39 is 29.2 Å². The molecule has 4 rings (SSSR count). The summed E-state index contributed by atoms with van der Waals surface area (Å²) in [7, 11) is 0. The molecule has 1 atom stereocenters. The van der Waals surface area contributed by atoms with Crippen molar-refractivity contribution >= 4 is 62.9 Å². The number of fused-ring (bicyclic) bond motifs is 1. The molecule has 2 aliphatic heterocycles. The van der Waals surface area contributed by atoms with Crippen molar-refractivity contribution in [1.29, 1.82) is 0 Å². The van der Waals surface area contributed by atoms with Crippen LogP contribution in [0.3, 0.4) is 0 Å². The third kappa shape index (κ3) is 4.63. The van der Waals surface area contributed by atoms with Crippen molar-refractivity contribution in [3.63, 3.8) is 0 Å². The molecule has 34 heavy (non-hydrogen) atoms. The lowest BCUT2D eigenvalue weighted by atomic mass is 9.84. The van der Waals surface area contributed by atoms with Crippen molar-refractivity contribution in [3.8, 4) is 0 Å². The molecule has 0 aliphatic carbocycles. The zero-order valence-electron chi connectivity index (χ0n) is 19.0. The molecule has 2 aromatic rings. The molecular formula is C24H24BrCl2N3O4. The molecular weight excluding hydrogens is 545 g/mol. The lowest BCUT2D eigenvalue weighted by molar-refractivity contribution is -0.138. The molecule has 1 unspecified atom stereocenters. The summed E-state index contributed by atoms with van der Waals surface area (Å²) in [5, 5.41) is 3.10. The van der Waals surface area contributed by atoms with Crippen LogP contribution in [0.2, 0.25) is 10.0 Å². The number of amides is 4. The van der Waals surface area contributed by atoms with E-state index in [0.29, 0.717) is 22.9 Å². The highest BCUT2D eigenvalue weighted by molar-refractivity contribution is 9.10. The maximum Gasteiger partial charge on any atom is 0.429 e. The van der Waals surface area contributed by atoms with Gasteiger partial charge >= 0.3 is 12.1 Å². The average Bonchev–Trinajstić information content (AvgIpc) is 2.94. The maximum absolute atomic E-state index is 14.0. The van der Waals surface area contributed by atoms with Crippen LogP contribution in [0, 0.1) is 0 Å².